The number of ether oxygens (including phenoxy) is 1. The lowest BCUT2D eigenvalue weighted by Crippen LogP contribution is -2.33. The quantitative estimate of drug-likeness (QED) is 0.156. The monoisotopic (exact) mass is 603 g/mol. The third kappa shape index (κ3) is 5.42. The molecule has 2 N–H and O–H groups in total. The van der Waals surface area contributed by atoms with Gasteiger partial charge in [-0.25, -0.2) is 4.79 Å². The van der Waals surface area contributed by atoms with Crippen LogP contribution in [0.2, 0.25) is 0 Å². The Kier molecular flexibility index (Phi) is 8.13. The van der Waals surface area contributed by atoms with Gasteiger partial charge in [0.2, 0.25) is 5.91 Å². The smallest absolute Gasteiger partial charge is 0.339 e. The Bertz CT molecular complexity index is 1860. The van der Waals surface area contributed by atoms with Crippen molar-refractivity contribution in [3.8, 4) is 5.69 Å². The van der Waals surface area contributed by atoms with E-state index in [4.69, 9.17) is 17.0 Å². The predicted molar refractivity (Wildman–Crippen MR) is 176 cm³/mol. The molecule has 0 spiro atoms. The maximum absolute atomic E-state index is 13.3. The number of benzene rings is 3. The van der Waals surface area contributed by atoms with E-state index < -0.39 is 5.97 Å². The molecule has 2 atom stereocenters. The fourth-order valence-electron chi connectivity index (χ4n) is 6.16. The zero-order chi connectivity index (χ0) is 30.8. The van der Waals surface area contributed by atoms with E-state index in [9.17, 15) is 9.59 Å². The maximum atomic E-state index is 13.3. The average Bonchev–Trinajstić information content (AvgIpc) is 3.53. The highest BCUT2D eigenvalue weighted by Crippen LogP contribution is 2.41. The fraction of sp³-hybridized carbons (Fsp3) is 0.200. The van der Waals surface area contributed by atoms with Crippen molar-refractivity contribution in [3.05, 3.63) is 125 Å². The van der Waals surface area contributed by atoms with Gasteiger partial charge in [0.25, 0.3) is 0 Å². The summed E-state index contributed by atoms with van der Waals surface area (Å²) in [5, 5.41) is 9.20. The number of para-hydroxylation sites is 1. The molecule has 2 aromatic heterocycles. The lowest BCUT2D eigenvalue weighted by molar-refractivity contribution is -0.116. The molecule has 0 unspecified atom stereocenters. The first kappa shape index (κ1) is 29.1. The van der Waals surface area contributed by atoms with Gasteiger partial charge in [0.15, 0.2) is 5.11 Å². The number of nitrogens with zero attached hydrogens (tertiary/aromatic N) is 3. The highest BCUT2D eigenvalue weighted by Gasteiger charge is 2.41. The average molecular weight is 604 g/mol. The first-order valence-electron chi connectivity index (χ1n) is 14.5. The summed E-state index contributed by atoms with van der Waals surface area (Å²) in [7, 11) is 1.39. The first-order chi connectivity index (χ1) is 21.4. The Morgan fingerprint density at radius 1 is 0.977 bits per heavy atom. The minimum Gasteiger partial charge on any atom is -0.465 e. The van der Waals surface area contributed by atoms with E-state index in [1.807, 2.05) is 92.7 Å². The van der Waals surface area contributed by atoms with Gasteiger partial charge in [0, 0.05) is 41.6 Å². The number of thiocarbonyl (C=S) groups is 1. The van der Waals surface area contributed by atoms with Gasteiger partial charge >= 0.3 is 5.97 Å². The molecule has 0 saturated carbocycles. The van der Waals surface area contributed by atoms with Crippen molar-refractivity contribution in [3.63, 3.8) is 0 Å². The number of carbonyl (C=O) groups is 2. The molecular weight excluding hydrogens is 570 g/mol. The third-order valence-electron chi connectivity index (χ3n) is 8.18. The molecule has 0 bridgehead atoms. The summed E-state index contributed by atoms with van der Waals surface area (Å²) in [5.41, 5.74) is 5.80. The molecule has 5 aromatic rings. The van der Waals surface area contributed by atoms with E-state index >= 15 is 0 Å². The van der Waals surface area contributed by atoms with Crippen LogP contribution in [0.4, 0.5) is 5.69 Å². The molecule has 3 heterocycles. The summed E-state index contributed by atoms with van der Waals surface area (Å²) in [6, 6.07) is 28.8. The minimum atomic E-state index is -0.399. The van der Waals surface area contributed by atoms with Crippen molar-refractivity contribution >= 4 is 45.7 Å². The molecular formula is C35H33N5O3S. The van der Waals surface area contributed by atoms with Crippen LogP contribution >= 0.6 is 12.2 Å². The number of hydrogen-bond acceptors (Lipinski definition) is 5. The highest BCUT2D eigenvalue weighted by atomic mass is 32.1. The molecule has 3 aromatic carbocycles. The summed E-state index contributed by atoms with van der Waals surface area (Å²) in [5.74, 6) is -0.495. The Labute approximate surface area is 261 Å². The molecule has 1 fully saturated rings. The summed E-state index contributed by atoms with van der Waals surface area (Å²) in [4.78, 5) is 32.7. The van der Waals surface area contributed by atoms with Crippen LogP contribution in [0.1, 0.15) is 51.5 Å². The van der Waals surface area contributed by atoms with Gasteiger partial charge in [0.05, 0.1) is 36.1 Å². The van der Waals surface area contributed by atoms with Crippen LogP contribution in [0, 0.1) is 13.8 Å². The van der Waals surface area contributed by atoms with Crippen molar-refractivity contribution in [2.45, 2.75) is 32.4 Å². The summed E-state index contributed by atoms with van der Waals surface area (Å²) >= 11 is 5.87. The van der Waals surface area contributed by atoms with E-state index in [1.165, 1.54) is 7.11 Å². The van der Waals surface area contributed by atoms with E-state index in [1.54, 1.807) is 12.3 Å². The zero-order valence-corrected chi connectivity index (χ0v) is 25.6. The van der Waals surface area contributed by atoms with Gasteiger partial charge < -0.3 is 24.8 Å². The largest absolute Gasteiger partial charge is 0.465 e. The van der Waals surface area contributed by atoms with Gasteiger partial charge in [-0.15, -0.1) is 0 Å². The molecule has 0 aliphatic carbocycles. The summed E-state index contributed by atoms with van der Waals surface area (Å²) in [6.07, 6.45) is 2.01. The van der Waals surface area contributed by atoms with Crippen molar-refractivity contribution in [2.75, 3.05) is 19.0 Å². The number of pyridine rings is 1. The Morgan fingerprint density at radius 2 is 1.73 bits per heavy atom. The number of aryl methyl sites for hydroxylation is 1. The topological polar surface area (TPSA) is 88.5 Å². The number of aromatic nitrogens is 2. The number of carbonyl (C=O) groups excluding carboxylic acids is 2. The van der Waals surface area contributed by atoms with Gasteiger partial charge in [-0.05, 0) is 73.4 Å². The first-order valence-corrected chi connectivity index (χ1v) is 14.9. The molecule has 1 saturated heterocycles. The Balaban J connectivity index is 1.34. The van der Waals surface area contributed by atoms with E-state index in [0.29, 0.717) is 17.2 Å². The summed E-state index contributed by atoms with van der Waals surface area (Å²) < 4.78 is 7.15. The van der Waals surface area contributed by atoms with Gasteiger partial charge in [-0.3, -0.25) is 9.78 Å². The van der Waals surface area contributed by atoms with Crippen LogP contribution in [-0.4, -0.2) is 45.1 Å². The SMILES string of the molecule is COC(=O)c1ccccc1-n1c(C)cc([C@H]2[C@H](c3ccccn3)NC(=S)N2CCC(=O)Nc2cccc3ccccc23)c1C. The number of amides is 1. The van der Waals surface area contributed by atoms with Crippen LogP contribution in [-0.2, 0) is 9.53 Å². The molecule has 6 rings (SSSR count). The molecule has 8 nitrogen and oxygen atoms in total. The van der Waals surface area contributed by atoms with Crippen LogP contribution in [0.3, 0.4) is 0 Å². The van der Waals surface area contributed by atoms with Crippen molar-refractivity contribution in [1.82, 2.24) is 19.8 Å². The molecule has 0 radical (unpaired) electrons. The Hall–Kier alpha value is -5.02. The van der Waals surface area contributed by atoms with Crippen LogP contribution < -0.4 is 10.6 Å². The van der Waals surface area contributed by atoms with Crippen LogP contribution in [0.25, 0.3) is 16.5 Å². The van der Waals surface area contributed by atoms with Crippen molar-refractivity contribution < 1.29 is 14.3 Å². The molecule has 1 aliphatic heterocycles. The standard InChI is InChI=1S/C35H33N5O3S/c1-22-21-27(23(2)40(22)30-17-7-6-14-26(30)34(42)43-3)33-32(29-15-8-9-19-36-29)38-35(44)39(33)20-18-31(41)37-28-16-10-12-24-11-4-5-13-25(24)28/h4-17,19,21,32-33H,18,20H2,1-3H3,(H,37,41)(H,38,44)/t32-,33-/m0/s1. The molecule has 1 amide bonds. The normalized spacial score (nSPS) is 16.2. The molecule has 1 aliphatic rings. The van der Waals surface area contributed by atoms with Crippen LogP contribution in [0.15, 0.2) is 97.2 Å². The highest BCUT2D eigenvalue weighted by molar-refractivity contribution is 7.80. The van der Waals surface area contributed by atoms with Crippen molar-refractivity contribution in [2.24, 2.45) is 0 Å². The van der Waals surface area contributed by atoms with E-state index in [2.05, 4.69) is 31.2 Å². The lowest BCUT2D eigenvalue weighted by atomic mass is 9.96. The van der Waals surface area contributed by atoms with Crippen molar-refractivity contribution in [1.29, 1.82) is 0 Å². The number of anilines is 1. The fourth-order valence-corrected chi connectivity index (χ4v) is 6.49. The zero-order valence-electron chi connectivity index (χ0n) is 24.8. The second-order valence-corrected chi connectivity index (χ2v) is 11.2. The third-order valence-corrected chi connectivity index (χ3v) is 8.53. The van der Waals surface area contributed by atoms with Gasteiger partial charge in [-0.1, -0.05) is 54.6 Å². The maximum Gasteiger partial charge on any atom is 0.339 e. The van der Waals surface area contributed by atoms with Gasteiger partial charge in [0.1, 0.15) is 0 Å². The number of methoxy groups -OCH3 is 1. The Morgan fingerprint density at radius 3 is 2.52 bits per heavy atom. The van der Waals surface area contributed by atoms with Gasteiger partial charge in [-0.2, -0.15) is 0 Å². The lowest BCUT2D eigenvalue weighted by Gasteiger charge is -2.28. The molecule has 44 heavy (non-hydrogen) atoms. The number of nitrogens with one attached hydrogen (secondary N) is 2. The second kappa shape index (κ2) is 12.3. The number of esters is 1. The van der Waals surface area contributed by atoms with E-state index in [-0.39, 0.29) is 24.4 Å². The molecule has 9 heteroatoms. The van der Waals surface area contributed by atoms with E-state index in [0.717, 1.165) is 44.8 Å². The second-order valence-electron chi connectivity index (χ2n) is 10.8. The summed E-state index contributed by atoms with van der Waals surface area (Å²) in [6.45, 7) is 4.46. The number of rotatable bonds is 8. The number of hydrogen-bond donors (Lipinski definition) is 2. The molecule has 222 valence electrons. The minimum absolute atomic E-state index is 0.0957. The van der Waals surface area contributed by atoms with Crippen LogP contribution in [0.5, 0.6) is 0 Å². The predicted octanol–water partition coefficient (Wildman–Crippen LogP) is 6.43. The number of fused-ring (bicyclic) bond motifs is 1.